The Balaban J connectivity index is 1.81. The SMILES string of the molecule is CC(O)c1ccccc1NC(=O)c1csc(-c2cccs2)n1. The number of thiophene rings is 1. The highest BCUT2D eigenvalue weighted by Crippen LogP contribution is 2.28. The molecule has 1 amide bonds. The van der Waals surface area contributed by atoms with Crippen LogP contribution in [0.5, 0.6) is 0 Å². The molecule has 0 bridgehead atoms. The van der Waals surface area contributed by atoms with Gasteiger partial charge in [-0.05, 0) is 24.4 Å². The van der Waals surface area contributed by atoms with Crippen LogP contribution in [-0.2, 0) is 0 Å². The van der Waals surface area contributed by atoms with Crippen molar-refractivity contribution in [2.24, 2.45) is 0 Å². The lowest BCUT2D eigenvalue weighted by Crippen LogP contribution is -2.14. The Kier molecular flexibility index (Phi) is 4.33. The molecule has 0 saturated heterocycles. The maximum Gasteiger partial charge on any atom is 0.275 e. The lowest BCUT2D eigenvalue weighted by atomic mass is 10.1. The van der Waals surface area contributed by atoms with Gasteiger partial charge in [-0.3, -0.25) is 4.79 Å². The number of anilines is 1. The number of thiazole rings is 1. The van der Waals surface area contributed by atoms with E-state index in [1.54, 1.807) is 35.8 Å². The van der Waals surface area contributed by atoms with Crippen molar-refractivity contribution in [1.29, 1.82) is 0 Å². The number of nitrogens with zero attached hydrogens (tertiary/aromatic N) is 1. The summed E-state index contributed by atoms with van der Waals surface area (Å²) in [5.74, 6) is -0.271. The maximum absolute atomic E-state index is 12.3. The van der Waals surface area contributed by atoms with Crippen LogP contribution in [0.4, 0.5) is 5.69 Å². The molecule has 2 aromatic heterocycles. The van der Waals surface area contributed by atoms with Gasteiger partial charge in [-0.2, -0.15) is 0 Å². The standard InChI is InChI=1S/C16H14N2O2S2/c1-10(19)11-5-2-3-6-12(11)17-15(20)13-9-22-16(18-13)14-7-4-8-21-14/h2-10,19H,1H3,(H,17,20). The molecule has 2 heterocycles. The van der Waals surface area contributed by atoms with E-state index in [4.69, 9.17) is 0 Å². The number of hydrogen-bond acceptors (Lipinski definition) is 5. The fourth-order valence-corrected chi connectivity index (χ4v) is 3.67. The van der Waals surface area contributed by atoms with Crippen LogP contribution in [0.15, 0.2) is 47.2 Å². The van der Waals surface area contributed by atoms with Crippen LogP contribution in [0.2, 0.25) is 0 Å². The van der Waals surface area contributed by atoms with E-state index in [-0.39, 0.29) is 5.91 Å². The summed E-state index contributed by atoms with van der Waals surface area (Å²) in [6.45, 7) is 1.67. The second-order valence-electron chi connectivity index (χ2n) is 4.73. The predicted molar refractivity (Wildman–Crippen MR) is 90.5 cm³/mol. The first-order valence-corrected chi connectivity index (χ1v) is 8.49. The number of para-hydroxylation sites is 1. The van der Waals surface area contributed by atoms with Crippen LogP contribution < -0.4 is 5.32 Å². The molecule has 1 atom stereocenters. The zero-order valence-electron chi connectivity index (χ0n) is 11.8. The molecule has 112 valence electrons. The Morgan fingerprint density at radius 2 is 2.05 bits per heavy atom. The summed E-state index contributed by atoms with van der Waals surface area (Å²) in [4.78, 5) is 17.8. The van der Waals surface area contributed by atoms with E-state index in [1.807, 2.05) is 29.6 Å². The molecule has 0 spiro atoms. The van der Waals surface area contributed by atoms with Crippen LogP contribution >= 0.6 is 22.7 Å². The highest BCUT2D eigenvalue weighted by atomic mass is 32.1. The third-order valence-corrected chi connectivity index (χ3v) is 5.01. The summed E-state index contributed by atoms with van der Waals surface area (Å²) in [6.07, 6.45) is -0.645. The Morgan fingerprint density at radius 1 is 1.23 bits per heavy atom. The van der Waals surface area contributed by atoms with Gasteiger partial charge in [0.25, 0.3) is 5.91 Å². The van der Waals surface area contributed by atoms with E-state index in [2.05, 4.69) is 10.3 Å². The molecule has 2 N–H and O–H groups in total. The first-order valence-electron chi connectivity index (χ1n) is 6.73. The van der Waals surface area contributed by atoms with Crippen LogP contribution in [0.1, 0.15) is 29.1 Å². The summed E-state index contributed by atoms with van der Waals surface area (Å²) in [7, 11) is 0. The van der Waals surface area contributed by atoms with E-state index < -0.39 is 6.10 Å². The van der Waals surface area contributed by atoms with Crippen molar-refractivity contribution < 1.29 is 9.90 Å². The van der Waals surface area contributed by atoms with Crippen molar-refractivity contribution in [1.82, 2.24) is 4.98 Å². The van der Waals surface area contributed by atoms with Gasteiger partial charge < -0.3 is 10.4 Å². The normalized spacial score (nSPS) is 12.1. The minimum atomic E-state index is -0.645. The molecule has 0 aliphatic carbocycles. The molecule has 6 heteroatoms. The lowest BCUT2D eigenvalue weighted by Gasteiger charge is -2.12. The molecular formula is C16H14N2O2S2. The summed E-state index contributed by atoms with van der Waals surface area (Å²) < 4.78 is 0. The molecule has 1 aromatic carbocycles. The van der Waals surface area contributed by atoms with Crippen molar-refractivity contribution in [3.63, 3.8) is 0 Å². The average molecular weight is 330 g/mol. The molecule has 0 radical (unpaired) electrons. The Hall–Kier alpha value is -2.02. The highest BCUT2D eigenvalue weighted by Gasteiger charge is 2.15. The third-order valence-electron chi connectivity index (χ3n) is 3.13. The second kappa shape index (κ2) is 6.39. The van der Waals surface area contributed by atoms with Crippen molar-refractivity contribution in [3.8, 4) is 9.88 Å². The van der Waals surface area contributed by atoms with Gasteiger partial charge in [0.1, 0.15) is 10.7 Å². The van der Waals surface area contributed by atoms with Gasteiger partial charge in [0, 0.05) is 16.6 Å². The van der Waals surface area contributed by atoms with Gasteiger partial charge in [-0.1, -0.05) is 24.3 Å². The van der Waals surface area contributed by atoms with Crippen LogP contribution in [0, 0.1) is 0 Å². The minimum absolute atomic E-state index is 0.271. The quantitative estimate of drug-likeness (QED) is 0.754. The summed E-state index contributed by atoms with van der Waals surface area (Å²) in [6, 6.07) is 11.1. The Morgan fingerprint density at radius 3 is 2.77 bits per heavy atom. The molecule has 1 unspecified atom stereocenters. The number of carbonyl (C=O) groups excluding carboxylic acids is 1. The number of benzene rings is 1. The van der Waals surface area contributed by atoms with Crippen LogP contribution in [0.3, 0.4) is 0 Å². The van der Waals surface area contributed by atoms with E-state index in [1.165, 1.54) is 11.3 Å². The monoisotopic (exact) mass is 330 g/mol. The fraction of sp³-hybridized carbons (Fsp3) is 0.125. The largest absolute Gasteiger partial charge is 0.389 e. The van der Waals surface area contributed by atoms with Crippen molar-refractivity contribution in [2.45, 2.75) is 13.0 Å². The summed E-state index contributed by atoms with van der Waals surface area (Å²) >= 11 is 3.04. The fourth-order valence-electron chi connectivity index (χ4n) is 2.05. The number of rotatable bonds is 4. The van der Waals surface area contributed by atoms with E-state index in [0.29, 0.717) is 16.9 Å². The van der Waals surface area contributed by atoms with Gasteiger partial charge in [-0.15, -0.1) is 22.7 Å². The number of amides is 1. The number of carbonyl (C=O) groups is 1. The highest BCUT2D eigenvalue weighted by molar-refractivity contribution is 7.20. The molecule has 3 aromatic rings. The zero-order chi connectivity index (χ0) is 15.5. The van der Waals surface area contributed by atoms with Gasteiger partial charge in [0.05, 0.1) is 11.0 Å². The van der Waals surface area contributed by atoms with E-state index >= 15 is 0 Å². The maximum atomic E-state index is 12.3. The first kappa shape index (κ1) is 14.9. The lowest BCUT2D eigenvalue weighted by molar-refractivity contribution is 0.102. The van der Waals surface area contributed by atoms with Gasteiger partial charge in [0.15, 0.2) is 0 Å². The molecule has 0 fully saturated rings. The van der Waals surface area contributed by atoms with Crippen molar-refractivity contribution >= 4 is 34.3 Å². The molecule has 0 aliphatic heterocycles. The number of nitrogens with one attached hydrogen (secondary N) is 1. The third kappa shape index (κ3) is 3.09. The minimum Gasteiger partial charge on any atom is -0.389 e. The molecule has 22 heavy (non-hydrogen) atoms. The van der Waals surface area contributed by atoms with Gasteiger partial charge in [0.2, 0.25) is 0 Å². The summed E-state index contributed by atoms with van der Waals surface area (Å²) in [5.41, 5.74) is 1.67. The molecule has 4 nitrogen and oxygen atoms in total. The van der Waals surface area contributed by atoms with Gasteiger partial charge in [-0.25, -0.2) is 4.98 Å². The number of aromatic nitrogens is 1. The number of aliphatic hydroxyl groups excluding tert-OH is 1. The van der Waals surface area contributed by atoms with Crippen LogP contribution in [0.25, 0.3) is 9.88 Å². The molecule has 0 aliphatic rings. The first-order chi connectivity index (χ1) is 10.6. The zero-order valence-corrected chi connectivity index (χ0v) is 13.4. The molecule has 0 saturated carbocycles. The van der Waals surface area contributed by atoms with E-state index in [9.17, 15) is 9.90 Å². The summed E-state index contributed by atoms with van der Waals surface area (Å²) in [5, 5.41) is 17.1. The van der Waals surface area contributed by atoms with Crippen molar-refractivity contribution in [2.75, 3.05) is 5.32 Å². The predicted octanol–water partition coefficient (Wildman–Crippen LogP) is 4.18. The Bertz CT molecular complexity index is 779. The van der Waals surface area contributed by atoms with E-state index in [0.717, 1.165) is 9.88 Å². The van der Waals surface area contributed by atoms with Crippen LogP contribution in [-0.4, -0.2) is 16.0 Å². The number of aliphatic hydroxyl groups is 1. The average Bonchev–Trinajstić information content (AvgIpc) is 3.18. The Labute approximate surface area is 136 Å². The molecule has 3 rings (SSSR count). The van der Waals surface area contributed by atoms with Crippen molar-refractivity contribution in [3.05, 3.63) is 58.4 Å². The van der Waals surface area contributed by atoms with Gasteiger partial charge >= 0.3 is 0 Å². The number of hydrogen-bond donors (Lipinski definition) is 2. The second-order valence-corrected chi connectivity index (χ2v) is 6.54. The topological polar surface area (TPSA) is 62.2 Å². The smallest absolute Gasteiger partial charge is 0.275 e. The molecular weight excluding hydrogens is 316 g/mol.